The van der Waals surface area contributed by atoms with Gasteiger partial charge >= 0.3 is 29.6 Å². The maximum Gasteiger partial charge on any atom is 1.00 e. The predicted molar refractivity (Wildman–Crippen MR) is 52.8 cm³/mol. The van der Waals surface area contributed by atoms with E-state index in [0.717, 1.165) is 5.56 Å². The Balaban J connectivity index is 0.00000225. The molecular weight excluding hydrogens is 241 g/mol. The van der Waals surface area contributed by atoms with Gasteiger partial charge in [0, 0.05) is 0 Å². The first-order valence-electron chi connectivity index (χ1n) is 4.13. The molecule has 1 atom stereocenters. The van der Waals surface area contributed by atoms with Gasteiger partial charge in [-0.05, 0) is 12.5 Å². The number of benzene rings is 1. The summed E-state index contributed by atoms with van der Waals surface area (Å²) in [5.74, 6) is -1.16. The summed E-state index contributed by atoms with van der Waals surface area (Å²) in [5.41, 5.74) is 5.87. The van der Waals surface area contributed by atoms with E-state index in [-0.39, 0.29) is 35.1 Å². The SMILES string of the molecule is Cc1ccc(C(C(N)=O)S(=O)(=O)[O-])cc1.[Na+]. The summed E-state index contributed by atoms with van der Waals surface area (Å²) in [7, 11) is -4.75. The third-order valence-electron chi connectivity index (χ3n) is 1.93. The number of carbonyl (C=O) groups is 1. The molecule has 0 spiro atoms. The Labute approximate surface area is 116 Å². The van der Waals surface area contributed by atoms with Crippen LogP contribution in [0.5, 0.6) is 0 Å². The third-order valence-corrected chi connectivity index (χ3v) is 3.01. The topological polar surface area (TPSA) is 100 Å². The van der Waals surface area contributed by atoms with E-state index >= 15 is 0 Å². The number of hydrogen-bond donors (Lipinski definition) is 1. The van der Waals surface area contributed by atoms with Gasteiger partial charge in [0.1, 0.15) is 10.1 Å². The maximum absolute atomic E-state index is 10.9. The molecule has 16 heavy (non-hydrogen) atoms. The predicted octanol–water partition coefficient (Wildman–Crippen LogP) is -2.93. The molecule has 1 unspecified atom stereocenters. The zero-order valence-electron chi connectivity index (χ0n) is 9.01. The minimum atomic E-state index is -4.75. The van der Waals surface area contributed by atoms with Crippen molar-refractivity contribution in [3.8, 4) is 0 Å². The third kappa shape index (κ3) is 3.88. The number of primary amides is 1. The number of aryl methyl sites for hydroxylation is 1. The van der Waals surface area contributed by atoms with E-state index in [1.807, 2.05) is 0 Å². The fourth-order valence-electron chi connectivity index (χ4n) is 1.21. The summed E-state index contributed by atoms with van der Waals surface area (Å²) in [4.78, 5) is 10.9. The molecule has 1 rings (SSSR count). The maximum atomic E-state index is 10.9. The van der Waals surface area contributed by atoms with Crippen molar-refractivity contribution < 1.29 is 47.3 Å². The normalized spacial score (nSPS) is 12.6. The molecule has 0 aliphatic rings. The van der Waals surface area contributed by atoms with Gasteiger partial charge in [-0.25, -0.2) is 8.42 Å². The van der Waals surface area contributed by atoms with E-state index in [2.05, 4.69) is 0 Å². The monoisotopic (exact) mass is 251 g/mol. The van der Waals surface area contributed by atoms with Gasteiger partial charge in [0.25, 0.3) is 0 Å². The molecule has 0 fully saturated rings. The molecule has 0 saturated heterocycles. The summed E-state index contributed by atoms with van der Waals surface area (Å²) < 4.78 is 32.4. The van der Waals surface area contributed by atoms with Crippen molar-refractivity contribution in [1.82, 2.24) is 0 Å². The summed E-state index contributed by atoms with van der Waals surface area (Å²) in [6.45, 7) is 1.80. The van der Waals surface area contributed by atoms with Gasteiger partial charge in [0.2, 0.25) is 5.91 Å². The van der Waals surface area contributed by atoms with Gasteiger partial charge in [0.15, 0.2) is 5.25 Å². The summed E-state index contributed by atoms with van der Waals surface area (Å²) >= 11 is 0. The Morgan fingerprint density at radius 1 is 1.31 bits per heavy atom. The van der Waals surface area contributed by atoms with Crippen molar-refractivity contribution in [2.75, 3.05) is 0 Å². The zero-order chi connectivity index (χ0) is 11.6. The Hall–Kier alpha value is -0.400. The molecule has 1 aromatic carbocycles. The van der Waals surface area contributed by atoms with Crippen molar-refractivity contribution in [2.24, 2.45) is 5.73 Å². The number of carbonyl (C=O) groups excluding carboxylic acids is 1. The molecule has 0 radical (unpaired) electrons. The molecule has 0 aliphatic carbocycles. The van der Waals surface area contributed by atoms with Crippen LogP contribution in [-0.4, -0.2) is 18.9 Å². The van der Waals surface area contributed by atoms with Crippen molar-refractivity contribution in [3.63, 3.8) is 0 Å². The summed E-state index contributed by atoms with van der Waals surface area (Å²) in [6.07, 6.45) is 0. The average Bonchev–Trinajstić information content (AvgIpc) is 2.05. The zero-order valence-corrected chi connectivity index (χ0v) is 11.8. The summed E-state index contributed by atoms with van der Waals surface area (Å²) in [6, 6.07) is 6.02. The van der Waals surface area contributed by atoms with Crippen molar-refractivity contribution in [2.45, 2.75) is 12.2 Å². The van der Waals surface area contributed by atoms with Crippen molar-refractivity contribution in [3.05, 3.63) is 35.4 Å². The second-order valence-electron chi connectivity index (χ2n) is 3.19. The van der Waals surface area contributed by atoms with Crippen molar-refractivity contribution >= 4 is 16.0 Å². The van der Waals surface area contributed by atoms with Gasteiger partial charge in [-0.2, -0.15) is 0 Å². The van der Waals surface area contributed by atoms with Crippen LogP contribution in [-0.2, 0) is 14.9 Å². The fourth-order valence-corrected chi connectivity index (χ4v) is 1.99. The van der Waals surface area contributed by atoms with E-state index in [1.54, 1.807) is 19.1 Å². The molecule has 7 heteroatoms. The molecule has 0 aliphatic heterocycles. The first kappa shape index (κ1) is 15.6. The summed E-state index contributed by atoms with van der Waals surface area (Å²) in [5, 5.41) is -1.81. The van der Waals surface area contributed by atoms with Crippen LogP contribution in [0.3, 0.4) is 0 Å². The molecule has 0 heterocycles. The van der Waals surface area contributed by atoms with Gasteiger partial charge in [-0.15, -0.1) is 0 Å². The Bertz CT molecular complexity index is 469. The number of rotatable bonds is 3. The standard InChI is InChI=1S/C9H11NO4S.Na/c1-6-2-4-7(5-3-6)8(9(10)11)15(12,13)14;/h2-5,8H,1H3,(H2,10,11)(H,12,13,14);/q;+1/p-1. The van der Waals surface area contributed by atoms with Crippen LogP contribution < -0.4 is 35.3 Å². The van der Waals surface area contributed by atoms with E-state index in [1.165, 1.54) is 12.1 Å². The van der Waals surface area contributed by atoms with Crippen molar-refractivity contribution in [1.29, 1.82) is 0 Å². The first-order chi connectivity index (χ1) is 6.82. The van der Waals surface area contributed by atoms with Crippen LogP contribution in [0.15, 0.2) is 24.3 Å². The fraction of sp³-hybridized carbons (Fsp3) is 0.222. The Kier molecular flexibility index (Phi) is 5.64. The minimum absolute atomic E-state index is 0. The number of amides is 1. The smallest absolute Gasteiger partial charge is 0.747 e. The van der Waals surface area contributed by atoms with Crippen LogP contribution in [0.4, 0.5) is 0 Å². The largest absolute Gasteiger partial charge is 1.00 e. The second-order valence-corrected chi connectivity index (χ2v) is 4.64. The minimum Gasteiger partial charge on any atom is -0.747 e. The number of nitrogens with two attached hydrogens (primary N) is 1. The van der Waals surface area contributed by atoms with Gasteiger partial charge in [-0.1, -0.05) is 29.8 Å². The molecule has 1 aromatic rings. The Morgan fingerprint density at radius 2 is 1.75 bits per heavy atom. The molecule has 1 amide bonds. The van der Waals surface area contributed by atoms with E-state index < -0.39 is 21.3 Å². The average molecular weight is 251 g/mol. The quantitative estimate of drug-likeness (QED) is 0.459. The van der Waals surface area contributed by atoms with Gasteiger partial charge in [0.05, 0.1) is 0 Å². The molecule has 82 valence electrons. The van der Waals surface area contributed by atoms with E-state index in [9.17, 15) is 17.8 Å². The molecule has 0 aromatic heterocycles. The van der Waals surface area contributed by atoms with Crippen LogP contribution >= 0.6 is 0 Å². The molecule has 2 N–H and O–H groups in total. The molecule has 0 saturated carbocycles. The van der Waals surface area contributed by atoms with E-state index in [0.29, 0.717) is 0 Å². The number of hydrogen-bond acceptors (Lipinski definition) is 4. The molecular formula is C9H10NNaO4S. The van der Waals surface area contributed by atoms with Crippen LogP contribution in [0.1, 0.15) is 16.4 Å². The van der Waals surface area contributed by atoms with Crippen LogP contribution in [0, 0.1) is 6.92 Å². The first-order valence-corrected chi connectivity index (χ1v) is 5.60. The Morgan fingerprint density at radius 3 is 2.06 bits per heavy atom. The molecule has 0 bridgehead atoms. The van der Waals surface area contributed by atoms with Gasteiger partial charge < -0.3 is 10.3 Å². The van der Waals surface area contributed by atoms with Gasteiger partial charge in [-0.3, -0.25) is 4.79 Å². The van der Waals surface area contributed by atoms with E-state index in [4.69, 9.17) is 5.73 Å². The van der Waals surface area contributed by atoms with Crippen LogP contribution in [0.2, 0.25) is 0 Å². The molecule has 5 nitrogen and oxygen atoms in total. The van der Waals surface area contributed by atoms with Crippen LogP contribution in [0.25, 0.3) is 0 Å². The second kappa shape index (κ2) is 5.79.